The summed E-state index contributed by atoms with van der Waals surface area (Å²) in [5.74, 6) is -1.24. The minimum Gasteiger partial charge on any atom is -0.457 e. The molecule has 0 atom stereocenters. The van der Waals surface area contributed by atoms with E-state index in [1.165, 1.54) is 0 Å². The molecule has 0 spiro atoms. The highest BCUT2D eigenvalue weighted by atomic mass is 16.6. The maximum Gasteiger partial charge on any atom is 0.334 e. The van der Waals surface area contributed by atoms with Gasteiger partial charge in [-0.3, -0.25) is 0 Å². The van der Waals surface area contributed by atoms with E-state index in [9.17, 15) is 20.1 Å². The van der Waals surface area contributed by atoms with Crippen molar-refractivity contribution in [1.29, 1.82) is 10.5 Å². The zero-order chi connectivity index (χ0) is 30.8. The fraction of sp³-hybridized carbons (Fsp3) is 0.429. The molecule has 0 heterocycles. The van der Waals surface area contributed by atoms with E-state index < -0.39 is 28.6 Å². The summed E-state index contributed by atoms with van der Waals surface area (Å²) in [6, 6.07) is 19.6. The van der Waals surface area contributed by atoms with E-state index in [0.717, 1.165) is 35.1 Å². The van der Waals surface area contributed by atoms with Gasteiger partial charge in [-0.25, -0.2) is 9.59 Å². The average molecular weight is 555 g/mol. The van der Waals surface area contributed by atoms with Crippen molar-refractivity contribution in [3.63, 3.8) is 0 Å². The van der Waals surface area contributed by atoms with Crippen LogP contribution < -0.4 is 0 Å². The van der Waals surface area contributed by atoms with Crippen LogP contribution in [-0.2, 0) is 31.9 Å². The first-order valence-corrected chi connectivity index (χ1v) is 14.0. The lowest BCUT2D eigenvalue weighted by Gasteiger charge is -2.26. The number of nitriles is 2. The predicted octanol–water partition coefficient (Wildman–Crippen LogP) is 7.78. The van der Waals surface area contributed by atoms with E-state index >= 15 is 0 Å². The lowest BCUT2D eigenvalue weighted by molar-refractivity contribution is -0.150. The van der Waals surface area contributed by atoms with Gasteiger partial charge in [-0.05, 0) is 88.8 Å². The van der Waals surface area contributed by atoms with Crippen molar-refractivity contribution in [1.82, 2.24) is 0 Å². The summed E-state index contributed by atoms with van der Waals surface area (Å²) in [4.78, 5) is 26.7. The van der Waals surface area contributed by atoms with E-state index in [1.54, 1.807) is 53.7 Å². The van der Waals surface area contributed by atoms with Gasteiger partial charge in [-0.15, -0.1) is 0 Å². The Hall–Kier alpha value is -4.16. The average Bonchev–Trinajstić information content (AvgIpc) is 2.90. The van der Waals surface area contributed by atoms with Gasteiger partial charge in [-0.1, -0.05) is 62.4 Å². The molecule has 0 aromatic heterocycles. The molecule has 0 unspecified atom stereocenters. The quantitative estimate of drug-likeness (QED) is 0.220. The molecule has 6 heteroatoms. The number of benzene rings is 2. The molecule has 41 heavy (non-hydrogen) atoms. The Morgan fingerprint density at radius 1 is 0.659 bits per heavy atom. The van der Waals surface area contributed by atoms with E-state index in [0.29, 0.717) is 0 Å². The maximum absolute atomic E-state index is 13.3. The number of carbonyl (C=O) groups excluding carboxylic acids is 2. The molecule has 0 aliphatic carbocycles. The molecule has 0 amide bonds. The fourth-order valence-electron chi connectivity index (χ4n) is 4.05. The molecular formula is C35H42N2O4. The molecule has 6 nitrogen and oxygen atoms in total. The first-order valence-electron chi connectivity index (χ1n) is 14.0. The number of hydrogen-bond acceptors (Lipinski definition) is 6. The molecule has 0 aliphatic heterocycles. The van der Waals surface area contributed by atoms with Crippen LogP contribution in [0.3, 0.4) is 0 Å². The third-order valence-electron chi connectivity index (χ3n) is 6.19. The largest absolute Gasteiger partial charge is 0.457 e. The Morgan fingerprint density at radius 2 is 0.976 bits per heavy atom. The van der Waals surface area contributed by atoms with E-state index in [1.807, 2.05) is 48.5 Å². The molecule has 216 valence electrons. The second-order valence-electron chi connectivity index (χ2n) is 12.2. The molecule has 0 saturated heterocycles. The third kappa shape index (κ3) is 10.7. The van der Waals surface area contributed by atoms with Gasteiger partial charge >= 0.3 is 11.9 Å². The number of aryl methyl sites for hydroxylation is 2. The molecule has 0 aliphatic rings. The van der Waals surface area contributed by atoms with Gasteiger partial charge in [0.2, 0.25) is 0 Å². The second-order valence-corrected chi connectivity index (χ2v) is 12.2. The minimum absolute atomic E-state index is 0.170. The fourth-order valence-corrected chi connectivity index (χ4v) is 4.05. The first kappa shape index (κ1) is 33.0. The number of nitrogens with zero attached hydrogens (tertiary/aromatic N) is 2. The smallest absolute Gasteiger partial charge is 0.334 e. The van der Waals surface area contributed by atoms with Crippen LogP contribution in [0, 0.1) is 28.1 Å². The number of hydrogen-bond donors (Lipinski definition) is 0. The van der Waals surface area contributed by atoms with Gasteiger partial charge in [0.25, 0.3) is 0 Å². The van der Waals surface area contributed by atoms with E-state index in [2.05, 4.69) is 26.0 Å². The van der Waals surface area contributed by atoms with Gasteiger partial charge in [0.1, 0.15) is 11.2 Å². The van der Waals surface area contributed by atoms with Crippen LogP contribution in [0.15, 0.2) is 59.7 Å². The van der Waals surface area contributed by atoms with Crippen molar-refractivity contribution >= 4 is 24.1 Å². The minimum atomic E-state index is -1.74. The molecule has 2 rings (SSSR count). The summed E-state index contributed by atoms with van der Waals surface area (Å²) < 4.78 is 11.3. The predicted molar refractivity (Wildman–Crippen MR) is 162 cm³/mol. The number of esters is 2. The topological polar surface area (TPSA) is 100 Å². The van der Waals surface area contributed by atoms with Crippen molar-refractivity contribution < 1.29 is 19.1 Å². The van der Waals surface area contributed by atoms with Gasteiger partial charge in [0.05, 0.1) is 12.1 Å². The summed E-state index contributed by atoms with van der Waals surface area (Å²) in [6.07, 6.45) is 4.57. The number of ether oxygens (including phenoxy) is 2. The lowest BCUT2D eigenvalue weighted by Crippen LogP contribution is -2.29. The van der Waals surface area contributed by atoms with Crippen LogP contribution in [0.4, 0.5) is 0 Å². The number of rotatable bonds is 10. The van der Waals surface area contributed by atoms with Gasteiger partial charge in [-0.2, -0.15) is 10.5 Å². The van der Waals surface area contributed by atoms with Crippen LogP contribution >= 0.6 is 0 Å². The Bertz CT molecular complexity index is 1250. The van der Waals surface area contributed by atoms with Crippen LogP contribution in [0.25, 0.3) is 12.2 Å². The van der Waals surface area contributed by atoms with E-state index in [-0.39, 0.29) is 24.0 Å². The lowest BCUT2D eigenvalue weighted by atomic mass is 9.78. The molecule has 2 aromatic carbocycles. The standard InChI is InChI=1S/C35H42N2O4/c1-9-25-11-15-27(16-12-25)19-29(31(38)40-33(3,4)5)21-35(23-36,24-37)22-30(32(39)41-34(6,7)8)20-28-17-13-26(10-2)14-18-28/h11-20H,9-10,21-22H2,1-8H3/b29-19+,30-20+. The van der Waals surface area contributed by atoms with Crippen molar-refractivity contribution in [2.75, 3.05) is 0 Å². The van der Waals surface area contributed by atoms with Gasteiger partial charge in [0, 0.05) is 24.0 Å². The summed E-state index contributed by atoms with van der Waals surface area (Å²) in [5.41, 5.74) is 0.807. The number of carbonyl (C=O) groups is 2. The van der Waals surface area contributed by atoms with Crippen LogP contribution in [0.1, 0.15) is 90.5 Å². The van der Waals surface area contributed by atoms with Crippen molar-refractivity contribution in [3.8, 4) is 12.1 Å². The molecule has 2 aromatic rings. The highest BCUT2D eigenvalue weighted by molar-refractivity contribution is 5.95. The molecule has 0 N–H and O–H groups in total. The highest BCUT2D eigenvalue weighted by Crippen LogP contribution is 2.36. The molecule has 0 bridgehead atoms. The summed E-state index contributed by atoms with van der Waals surface area (Å²) in [7, 11) is 0. The van der Waals surface area contributed by atoms with E-state index in [4.69, 9.17) is 9.47 Å². The molecule has 0 saturated carbocycles. The highest BCUT2D eigenvalue weighted by Gasteiger charge is 2.38. The third-order valence-corrected chi connectivity index (χ3v) is 6.19. The van der Waals surface area contributed by atoms with Gasteiger partial charge in [0.15, 0.2) is 5.41 Å². The summed E-state index contributed by atoms with van der Waals surface area (Å²) in [5, 5.41) is 20.7. The Morgan fingerprint density at radius 3 is 1.22 bits per heavy atom. The van der Waals surface area contributed by atoms with Crippen molar-refractivity contribution in [2.24, 2.45) is 5.41 Å². The summed E-state index contributed by atoms with van der Waals surface area (Å²) in [6.45, 7) is 14.7. The zero-order valence-electron chi connectivity index (χ0n) is 25.6. The Kier molecular flexibility index (Phi) is 11.2. The summed E-state index contributed by atoms with van der Waals surface area (Å²) >= 11 is 0. The van der Waals surface area contributed by atoms with Crippen molar-refractivity contribution in [2.45, 2.75) is 92.3 Å². The monoisotopic (exact) mass is 554 g/mol. The van der Waals surface area contributed by atoms with Crippen LogP contribution in [0.5, 0.6) is 0 Å². The normalized spacial score (nSPS) is 12.7. The first-order chi connectivity index (χ1) is 19.1. The Labute approximate surface area is 245 Å². The zero-order valence-corrected chi connectivity index (χ0v) is 25.6. The Balaban J connectivity index is 2.59. The van der Waals surface area contributed by atoms with Crippen LogP contribution in [0.2, 0.25) is 0 Å². The maximum atomic E-state index is 13.3. The van der Waals surface area contributed by atoms with Crippen molar-refractivity contribution in [3.05, 3.63) is 81.9 Å². The second kappa shape index (κ2) is 14.0. The van der Waals surface area contributed by atoms with Gasteiger partial charge < -0.3 is 9.47 Å². The van der Waals surface area contributed by atoms with Crippen LogP contribution in [-0.4, -0.2) is 23.1 Å². The molecule has 0 fully saturated rings. The molecule has 0 radical (unpaired) electrons. The SMILES string of the molecule is CCc1ccc(/C=C(\CC(C#N)(C#N)C/C(=C\c2ccc(CC)cc2)C(=O)OC(C)(C)C)C(=O)OC(C)(C)C)cc1. The molecular weight excluding hydrogens is 512 g/mol.